The van der Waals surface area contributed by atoms with Crippen LogP contribution in [0.15, 0.2) is 145 Å². The Balaban J connectivity index is 0.991. The van der Waals surface area contributed by atoms with Gasteiger partial charge in [0.25, 0.3) is 0 Å². The molecule has 57 heavy (non-hydrogen) atoms. The molecule has 5 aliphatic carbocycles. The van der Waals surface area contributed by atoms with Gasteiger partial charge >= 0.3 is 0 Å². The smallest absolute Gasteiger partial charge is 0.0464 e. The molecule has 0 spiro atoms. The van der Waals surface area contributed by atoms with E-state index in [0.29, 0.717) is 11.8 Å². The molecule has 0 bridgehead atoms. The van der Waals surface area contributed by atoms with Crippen molar-refractivity contribution in [3.05, 3.63) is 177 Å². The van der Waals surface area contributed by atoms with Crippen molar-refractivity contribution in [1.82, 2.24) is 0 Å². The molecular formula is C54H45NS2. The summed E-state index contributed by atoms with van der Waals surface area (Å²) >= 11 is 3.93. The van der Waals surface area contributed by atoms with Crippen molar-refractivity contribution < 1.29 is 0 Å². The van der Waals surface area contributed by atoms with E-state index in [4.69, 9.17) is 0 Å². The highest BCUT2D eigenvalue weighted by Gasteiger charge is 2.47. The van der Waals surface area contributed by atoms with Gasteiger partial charge in [-0.25, -0.2) is 0 Å². The molecule has 3 heteroatoms. The molecule has 0 aliphatic heterocycles. The maximum atomic E-state index is 2.63. The third-order valence-corrected chi connectivity index (χ3v) is 16.6. The monoisotopic (exact) mass is 771 g/mol. The van der Waals surface area contributed by atoms with E-state index in [1.165, 1.54) is 85.6 Å². The lowest BCUT2D eigenvalue weighted by Gasteiger charge is -2.35. The molecule has 1 nitrogen and oxygen atoms in total. The highest BCUT2D eigenvalue weighted by atomic mass is 32.1. The van der Waals surface area contributed by atoms with Crippen LogP contribution in [0.25, 0.3) is 53.0 Å². The number of nitrogens with zero attached hydrogens (tertiary/aromatic N) is 1. The summed E-state index contributed by atoms with van der Waals surface area (Å²) in [5.41, 5.74) is 16.8. The number of hydrogen-bond acceptors (Lipinski definition) is 3. The molecule has 2 aromatic heterocycles. The second-order valence-corrected chi connectivity index (χ2v) is 20.0. The molecule has 0 radical (unpaired) electrons. The summed E-state index contributed by atoms with van der Waals surface area (Å²) in [6, 6.07) is 37.2. The number of rotatable bonds is 4. The summed E-state index contributed by atoms with van der Waals surface area (Å²) < 4.78 is 4.22. The van der Waals surface area contributed by atoms with Crippen LogP contribution < -0.4 is 4.90 Å². The molecule has 2 atom stereocenters. The minimum atomic E-state index is -0.00176. The van der Waals surface area contributed by atoms with Crippen LogP contribution in [0.3, 0.4) is 0 Å². The zero-order valence-electron chi connectivity index (χ0n) is 33.0. The van der Waals surface area contributed by atoms with Crippen LogP contribution in [0, 0.1) is 5.92 Å². The van der Waals surface area contributed by atoms with Crippen molar-refractivity contribution in [1.29, 1.82) is 0 Å². The van der Waals surface area contributed by atoms with Crippen molar-refractivity contribution in [3.8, 4) is 11.1 Å². The minimum absolute atomic E-state index is 0.00129. The number of allylic oxidation sites excluding steroid dienone is 8. The molecule has 2 heterocycles. The molecule has 5 aromatic carbocycles. The molecule has 7 aromatic rings. The molecular weight excluding hydrogens is 727 g/mol. The number of hydrogen-bond donors (Lipinski definition) is 0. The minimum Gasteiger partial charge on any atom is -0.311 e. The fourth-order valence-corrected chi connectivity index (χ4v) is 13.9. The molecule has 0 fully saturated rings. The summed E-state index contributed by atoms with van der Waals surface area (Å²) in [5.74, 6) is 0.712. The largest absolute Gasteiger partial charge is 0.311 e. The van der Waals surface area contributed by atoms with Crippen molar-refractivity contribution in [2.75, 3.05) is 4.90 Å². The van der Waals surface area contributed by atoms with E-state index < -0.39 is 0 Å². The quantitative estimate of drug-likeness (QED) is 0.172. The first-order chi connectivity index (χ1) is 27.8. The Kier molecular flexibility index (Phi) is 7.22. The lowest BCUT2D eigenvalue weighted by molar-refractivity contribution is 0.392. The SMILES string of the molecule is CC1(C)C2=C(C=CCC2)c2ccc(N(C3=CC4C(C=C3)c3c(ccc5c6c(sc35)C=CCC6)C4(C)C)c3ccc(-c4cccc5c4sc4ccccc45)cc3)cc21. The zero-order chi connectivity index (χ0) is 38.2. The number of fused-ring (bicyclic) bond motifs is 12. The Hall–Kier alpha value is -5.22. The number of anilines is 2. The predicted molar refractivity (Wildman–Crippen MR) is 247 cm³/mol. The van der Waals surface area contributed by atoms with Crippen molar-refractivity contribution in [2.24, 2.45) is 5.92 Å². The van der Waals surface area contributed by atoms with E-state index in [1.807, 2.05) is 22.7 Å². The third kappa shape index (κ3) is 4.79. The Morgan fingerprint density at radius 2 is 1.46 bits per heavy atom. The number of thiophene rings is 2. The van der Waals surface area contributed by atoms with Crippen LogP contribution in [-0.4, -0.2) is 0 Å². The average Bonchev–Trinajstić information content (AvgIpc) is 3.94. The standard InChI is InChI=1S/C54H45NS2/c1-53(2)44-17-8-5-12-37(44)38-26-24-34(30-46(38)53)55(33-22-20-32(21-23-33)36-15-11-16-41-39-13-6-9-18-48(39)56-51(36)41)35-25-27-43-47(31-35)54(3,4)45-29-28-42-40-14-7-10-19-49(40)57-52(42)50(43)45/h5-6,9-13,15-16,18-31,43,47H,7-8,14,17H2,1-4H3. The molecule has 0 saturated heterocycles. The molecule has 0 saturated carbocycles. The van der Waals surface area contributed by atoms with Gasteiger partial charge in [-0.3, -0.25) is 0 Å². The fraction of sp³-hybridized carbons (Fsp3) is 0.222. The molecule has 2 unspecified atom stereocenters. The number of aryl methyl sites for hydroxylation is 1. The first-order valence-corrected chi connectivity index (χ1v) is 22.4. The van der Waals surface area contributed by atoms with Crippen LogP contribution in [0.2, 0.25) is 0 Å². The van der Waals surface area contributed by atoms with E-state index in [-0.39, 0.29) is 10.8 Å². The van der Waals surface area contributed by atoms with Gasteiger partial charge in [0.2, 0.25) is 0 Å². The van der Waals surface area contributed by atoms with Gasteiger partial charge < -0.3 is 4.90 Å². The van der Waals surface area contributed by atoms with E-state index in [1.54, 1.807) is 16.7 Å². The lowest BCUT2D eigenvalue weighted by atomic mass is 9.74. The summed E-state index contributed by atoms with van der Waals surface area (Å²) in [7, 11) is 0. The maximum absolute atomic E-state index is 2.63. The Bertz CT molecular complexity index is 3020. The Morgan fingerprint density at radius 1 is 0.649 bits per heavy atom. The second-order valence-electron chi connectivity index (χ2n) is 17.9. The number of benzene rings is 5. The summed E-state index contributed by atoms with van der Waals surface area (Å²) in [5, 5.41) is 4.17. The highest BCUT2D eigenvalue weighted by molar-refractivity contribution is 7.26. The molecule has 0 amide bonds. The van der Waals surface area contributed by atoms with Gasteiger partial charge in [0.15, 0.2) is 0 Å². The topological polar surface area (TPSA) is 3.24 Å². The van der Waals surface area contributed by atoms with Crippen LogP contribution in [0.4, 0.5) is 11.4 Å². The van der Waals surface area contributed by atoms with Crippen LogP contribution in [-0.2, 0) is 17.3 Å². The summed E-state index contributed by atoms with van der Waals surface area (Å²) in [4.78, 5) is 4.01. The molecule has 278 valence electrons. The Morgan fingerprint density at radius 3 is 2.35 bits per heavy atom. The van der Waals surface area contributed by atoms with Crippen LogP contribution >= 0.6 is 22.7 Å². The van der Waals surface area contributed by atoms with Crippen molar-refractivity contribution >= 4 is 76.0 Å². The van der Waals surface area contributed by atoms with Crippen LogP contribution in [0.1, 0.15) is 85.6 Å². The first kappa shape index (κ1) is 33.9. The van der Waals surface area contributed by atoms with Crippen LogP contribution in [0.5, 0.6) is 0 Å². The third-order valence-electron chi connectivity index (χ3n) is 14.2. The van der Waals surface area contributed by atoms with Crippen molar-refractivity contribution in [3.63, 3.8) is 0 Å². The predicted octanol–water partition coefficient (Wildman–Crippen LogP) is 15.6. The average molecular weight is 772 g/mol. The molecule has 0 N–H and O–H groups in total. The Labute approximate surface area is 343 Å². The van der Waals surface area contributed by atoms with Gasteiger partial charge in [0.05, 0.1) is 0 Å². The van der Waals surface area contributed by atoms with Crippen molar-refractivity contribution in [2.45, 2.75) is 70.1 Å². The highest BCUT2D eigenvalue weighted by Crippen LogP contribution is 2.58. The summed E-state index contributed by atoms with van der Waals surface area (Å²) in [6.45, 7) is 9.84. The van der Waals surface area contributed by atoms with E-state index in [9.17, 15) is 0 Å². The maximum Gasteiger partial charge on any atom is 0.0464 e. The van der Waals surface area contributed by atoms with E-state index >= 15 is 0 Å². The first-order valence-electron chi connectivity index (χ1n) is 20.8. The normalized spacial score (nSPS) is 20.8. The van der Waals surface area contributed by atoms with Gasteiger partial charge in [-0.1, -0.05) is 130 Å². The lowest BCUT2D eigenvalue weighted by Crippen LogP contribution is -2.28. The van der Waals surface area contributed by atoms with Gasteiger partial charge in [-0.05, 0) is 129 Å². The summed E-state index contributed by atoms with van der Waals surface area (Å²) in [6.07, 6.45) is 21.6. The van der Waals surface area contributed by atoms with Gasteiger partial charge in [-0.2, -0.15) is 0 Å². The fourth-order valence-electron chi connectivity index (χ4n) is 11.2. The second kappa shape index (κ2) is 12.1. The van der Waals surface area contributed by atoms with Gasteiger partial charge in [-0.15, -0.1) is 22.7 Å². The molecule has 12 rings (SSSR count). The molecule has 5 aliphatic rings. The van der Waals surface area contributed by atoms with E-state index in [2.05, 4.69) is 172 Å². The zero-order valence-corrected chi connectivity index (χ0v) is 34.7. The van der Waals surface area contributed by atoms with Gasteiger partial charge in [0.1, 0.15) is 0 Å². The van der Waals surface area contributed by atoms with E-state index in [0.717, 1.165) is 25.7 Å². The van der Waals surface area contributed by atoms with Gasteiger partial charge in [0, 0.05) is 58.2 Å².